The molecular weight excluding hydrogens is 319 g/mol. The average molecular weight is 334 g/mol. The summed E-state index contributed by atoms with van der Waals surface area (Å²) in [6.45, 7) is 0.417. The fraction of sp³-hybridized carbons (Fsp3) is 0.250. The normalized spacial score (nSPS) is 16.6. The van der Waals surface area contributed by atoms with Crippen molar-refractivity contribution >= 4 is 29.0 Å². The molecule has 1 aromatic heterocycles. The SMILES string of the molecule is COC(=O)C1c2ccsc2CCN1C(=O)Nc1ccc(F)cc1. The van der Waals surface area contributed by atoms with Gasteiger partial charge in [-0.05, 0) is 47.7 Å². The summed E-state index contributed by atoms with van der Waals surface area (Å²) in [7, 11) is 1.30. The van der Waals surface area contributed by atoms with Gasteiger partial charge < -0.3 is 15.0 Å². The first-order valence-electron chi connectivity index (χ1n) is 7.07. The third-order valence-electron chi connectivity index (χ3n) is 3.75. The predicted molar refractivity (Wildman–Crippen MR) is 84.9 cm³/mol. The number of esters is 1. The topological polar surface area (TPSA) is 58.6 Å². The number of carbonyl (C=O) groups excluding carboxylic acids is 2. The molecule has 0 saturated heterocycles. The second-order valence-electron chi connectivity index (χ2n) is 5.11. The van der Waals surface area contributed by atoms with Gasteiger partial charge in [0.2, 0.25) is 0 Å². The smallest absolute Gasteiger partial charge is 0.333 e. The van der Waals surface area contributed by atoms with Gasteiger partial charge in [-0.25, -0.2) is 14.0 Å². The number of rotatable bonds is 2. The minimum atomic E-state index is -0.754. The molecule has 1 aromatic carbocycles. The highest BCUT2D eigenvalue weighted by molar-refractivity contribution is 7.10. The molecule has 1 aliphatic heterocycles. The van der Waals surface area contributed by atoms with Gasteiger partial charge >= 0.3 is 12.0 Å². The zero-order valence-electron chi connectivity index (χ0n) is 12.4. The first-order valence-corrected chi connectivity index (χ1v) is 7.95. The van der Waals surface area contributed by atoms with E-state index in [1.165, 1.54) is 36.3 Å². The fourth-order valence-corrected chi connectivity index (χ4v) is 3.53. The van der Waals surface area contributed by atoms with Crippen LogP contribution in [0, 0.1) is 5.82 Å². The zero-order valence-corrected chi connectivity index (χ0v) is 13.2. The molecule has 0 radical (unpaired) electrons. The van der Waals surface area contributed by atoms with Gasteiger partial charge in [-0.3, -0.25) is 0 Å². The number of benzene rings is 1. The molecule has 3 rings (SSSR count). The number of methoxy groups -OCH3 is 1. The molecule has 23 heavy (non-hydrogen) atoms. The van der Waals surface area contributed by atoms with Crippen molar-refractivity contribution in [3.63, 3.8) is 0 Å². The molecule has 0 saturated carbocycles. The number of urea groups is 1. The summed E-state index contributed by atoms with van der Waals surface area (Å²) in [6.07, 6.45) is 0.692. The van der Waals surface area contributed by atoms with E-state index in [1.807, 2.05) is 11.4 Å². The molecule has 1 aliphatic rings. The lowest BCUT2D eigenvalue weighted by molar-refractivity contribution is -0.146. The first-order chi connectivity index (χ1) is 11.1. The molecule has 0 spiro atoms. The van der Waals surface area contributed by atoms with Crippen LogP contribution in [0.4, 0.5) is 14.9 Å². The summed E-state index contributed by atoms with van der Waals surface area (Å²) in [4.78, 5) is 27.2. The van der Waals surface area contributed by atoms with E-state index in [2.05, 4.69) is 5.32 Å². The molecule has 1 unspecified atom stereocenters. The summed E-state index contributed by atoms with van der Waals surface area (Å²) >= 11 is 1.57. The van der Waals surface area contributed by atoms with E-state index in [4.69, 9.17) is 4.74 Å². The molecule has 2 aromatic rings. The Labute approximate surface area is 136 Å². The first kappa shape index (κ1) is 15.5. The number of anilines is 1. The van der Waals surface area contributed by atoms with Crippen LogP contribution in [-0.4, -0.2) is 30.6 Å². The molecule has 2 heterocycles. The Bertz CT molecular complexity index is 729. The van der Waals surface area contributed by atoms with Crippen molar-refractivity contribution in [3.8, 4) is 0 Å². The number of carbonyl (C=O) groups is 2. The van der Waals surface area contributed by atoms with E-state index in [-0.39, 0.29) is 5.82 Å². The van der Waals surface area contributed by atoms with Crippen LogP contribution in [0.5, 0.6) is 0 Å². The number of nitrogens with zero attached hydrogens (tertiary/aromatic N) is 1. The molecule has 120 valence electrons. The Hall–Kier alpha value is -2.41. The second-order valence-corrected chi connectivity index (χ2v) is 6.11. The third-order valence-corrected chi connectivity index (χ3v) is 4.74. The van der Waals surface area contributed by atoms with Gasteiger partial charge in [0.15, 0.2) is 6.04 Å². The van der Waals surface area contributed by atoms with Gasteiger partial charge in [-0.2, -0.15) is 0 Å². The van der Waals surface area contributed by atoms with Crippen LogP contribution in [0.15, 0.2) is 35.7 Å². The van der Waals surface area contributed by atoms with Gasteiger partial charge in [0.05, 0.1) is 7.11 Å². The monoisotopic (exact) mass is 334 g/mol. The van der Waals surface area contributed by atoms with Crippen LogP contribution in [0.2, 0.25) is 0 Å². The van der Waals surface area contributed by atoms with E-state index in [1.54, 1.807) is 11.3 Å². The summed E-state index contributed by atoms with van der Waals surface area (Å²) < 4.78 is 17.8. The molecule has 2 amide bonds. The van der Waals surface area contributed by atoms with E-state index < -0.39 is 18.0 Å². The standard InChI is InChI=1S/C16H15FN2O3S/c1-22-15(20)14-12-7-9-23-13(12)6-8-19(14)16(21)18-11-4-2-10(17)3-5-11/h2-5,7,9,14H,6,8H2,1H3,(H,18,21). The minimum Gasteiger partial charge on any atom is -0.467 e. The van der Waals surface area contributed by atoms with Crippen molar-refractivity contribution in [3.05, 3.63) is 52.0 Å². The van der Waals surface area contributed by atoms with Crippen molar-refractivity contribution in [1.82, 2.24) is 4.90 Å². The van der Waals surface area contributed by atoms with Crippen molar-refractivity contribution in [2.24, 2.45) is 0 Å². The highest BCUT2D eigenvalue weighted by atomic mass is 32.1. The van der Waals surface area contributed by atoms with Gasteiger partial charge in [-0.1, -0.05) is 0 Å². The van der Waals surface area contributed by atoms with E-state index in [0.717, 1.165) is 10.4 Å². The highest BCUT2D eigenvalue weighted by Crippen LogP contribution is 2.34. The Morgan fingerprint density at radius 2 is 2.04 bits per heavy atom. The molecule has 1 N–H and O–H groups in total. The van der Waals surface area contributed by atoms with Crippen molar-refractivity contribution < 1.29 is 18.7 Å². The largest absolute Gasteiger partial charge is 0.467 e. The molecule has 0 fully saturated rings. The maximum absolute atomic E-state index is 12.9. The molecule has 5 nitrogen and oxygen atoms in total. The molecule has 7 heteroatoms. The number of halogens is 1. The Morgan fingerprint density at radius 3 is 2.74 bits per heavy atom. The van der Waals surface area contributed by atoms with Crippen LogP contribution >= 0.6 is 11.3 Å². The average Bonchev–Trinajstić information content (AvgIpc) is 3.03. The lowest BCUT2D eigenvalue weighted by Gasteiger charge is -2.33. The summed E-state index contributed by atoms with van der Waals surface area (Å²) in [5, 5.41) is 4.59. The Balaban J connectivity index is 1.84. The molecule has 0 aliphatic carbocycles. The second kappa shape index (κ2) is 6.37. The number of fused-ring (bicyclic) bond motifs is 1. The zero-order chi connectivity index (χ0) is 16.4. The van der Waals surface area contributed by atoms with Crippen molar-refractivity contribution in [2.75, 3.05) is 19.0 Å². The van der Waals surface area contributed by atoms with Gasteiger partial charge in [0.1, 0.15) is 5.82 Å². The van der Waals surface area contributed by atoms with E-state index >= 15 is 0 Å². The number of ether oxygens (including phenoxy) is 1. The maximum atomic E-state index is 12.9. The van der Waals surface area contributed by atoms with Crippen LogP contribution < -0.4 is 5.32 Å². The summed E-state index contributed by atoms with van der Waals surface area (Å²) in [6, 6.07) is 6.15. The predicted octanol–water partition coefficient (Wildman–Crippen LogP) is 3.19. The van der Waals surface area contributed by atoms with Gasteiger partial charge in [0.25, 0.3) is 0 Å². The Morgan fingerprint density at radius 1 is 1.30 bits per heavy atom. The third kappa shape index (κ3) is 3.05. The number of thiophene rings is 1. The van der Waals surface area contributed by atoms with Gasteiger partial charge in [-0.15, -0.1) is 11.3 Å². The number of hydrogen-bond acceptors (Lipinski definition) is 4. The Kier molecular flexibility index (Phi) is 4.29. The lowest BCUT2D eigenvalue weighted by atomic mass is 10.0. The fourth-order valence-electron chi connectivity index (χ4n) is 2.63. The van der Waals surface area contributed by atoms with Crippen LogP contribution in [0.3, 0.4) is 0 Å². The minimum absolute atomic E-state index is 0.378. The maximum Gasteiger partial charge on any atom is 0.333 e. The van der Waals surface area contributed by atoms with Crippen LogP contribution in [0.25, 0.3) is 0 Å². The van der Waals surface area contributed by atoms with E-state index in [9.17, 15) is 14.0 Å². The molecular formula is C16H15FN2O3S. The van der Waals surface area contributed by atoms with Gasteiger partial charge in [0, 0.05) is 17.1 Å². The number of amides is 2. The lowest BCUT2D eigenvalue weighted by Crippen LogP contribution is -2.45. The highest BCUT2D eigenvalue weighted by Gasteiger charge is 2.37. The summed E-state index contributed by atoms with van der Waals surface area (Å²) in [5.41, 5.74) is 1.28. The number of nitrogens with one attached hydrogen (secondary N) is 1. The van der Waals surface area contributed by atoms with Crippen molar-refractivity contribution in [2.45, 2.75) is 12.5 Å². The summed E-state index contributed by atoms with van der Waals surface area (Å²) in [5.74, 6) is -0.852. The molecule has 0 bridgehead atoms. The number of hydrogen-bond donors (Lipinski definition) is 1. The van der Waals surface area contributed by atoms with Crippen molar-refractivity contribution in [1.29, 1.82) is 0 Å². The quantitative estimate of drug-likeness (QED) is 0.858. The molecule has 1 atom stereocenters. The van der Waals surface area contributed by atoms with E-state index in [0.29, 0.717) is 18.7 Å². The van der Waals surface area contributed by atoms with Crippen LogP contribution in [0.1, 0.15) is 16.5 Å². The van der Waals surface area contributed by atoms with Crippen LogP contribution in [-0.2, 0) is 16.0 Å².